The minimum absolute atomic E-state index is 0.0689. The maximum absolute atomic E-state index is 13.4. The third-order valence-electron chi connectivity index (χ3n) is 6.95. The second-order valence-corrected chi connectivity index (χ2v) is 9.43. The van der Waals surface area contributed by atoms with Crippen molar-refractivity contribution in [3.63, 3.8) is 0 Å². The van der Waals surface area contributed by atoms with E-state index in [1.54, 1.807) is 18.5 Å². The number of hydrogen-bond acceptors (Lipinski definition) is 9. The summed E-state index contributed by atoms with van der Waals surface area (Å²) in [4.78, 5) is 49.2. The van der Waals surface area contributed by atoms with E-state index >= 15 is 0 Å². The van der Waals surface area contributed by atoms with Crippen LogP contribution in [0.3, 0.4) is 0 Å². The number of carbonyl (C=O) groups is 3. The molecule has 6 rings (SSSR count). The second-order valence-electron chi connectivity index (χ2n) is 9.05. The SMILES string of the molecule is C[C@@H]1CN2c3c(cc4c(-c5ncccn5)noc4c3Cl)CC3(C(=O)CC(=O)NC3=O)[C@H]2[C@H](C)O1. The number of anilines is 1. The quantitative estimate of drug-likeness (QED) is 0.410. The van der Waals surface area contributed by atoms with Crippen LogP contribution in [0.2, 0.25) is 5.02 Å². The largest absolute Gasteiger partial charge is 0.372 e. The van der Waals surface area contributed by atoms with Gasteiger partial charge in [-0.3, -0.25) is 19.7 Å². The lowest BCUT2D eigenvalue weighted by molar-refractivity contribution is -0.158. The third-order valence-corrected chi connectivity index (χ3v) is 7.31. The number of amides is 2. The summed E-state index contributed by atoms with van der Waals surface area (Å²) in [6.45, 7) is 4.17. The van der Waals surface area contributed by atoms with Crippen LogP contribution in [0, 0.1) is 5.41 Å². The molecule has 2 saturated heterocycles. The zero-order valence-electron chi connectivity index (χ0n) is 18.4. The number of benzene rings is 1. The molecule has 10 nitrogen and oxygen atoms in total. The van der Waals surface area contributed by atoms with E-state index in [-0.39, 0.29) is 18.9 Å². The minimum atomic E-state index is -1.49. The zero-order chi connectivity index (χ0) is 23.8. The maximum atomic E-state index is 13.4. The molecular formula is C23H20ClN5O5. The van der Waals surface area contributed by atoms with Crippen LogP contribution in [0.4, 0.5) is 5.69 Å². The van der Waals surface area contributed by atoms with Gasteiger partial charge in [0.2, 0.25) is 11.8 Å². The van der Waals surface area contributed by atoms with Crippen molar-refractivity contribution in [2.75, 3.05) is 11.4 Å². The first-order chi connectivity index (χ1) is 16.3. The summed E-state index contributed by atoms with van der Waals surface area (Å²) in [6.07, 6.45) is 2.27. The van der Waals surface area contributed by atoms with Crippen molar-refractivity contribution in [3.05, 3.63) is 35.1 Å². The first-order valence-corrected chi connectivity index (χ1v) is 11.4. The van der Waals surface area contributed by atoms with E-state index in [1.807, 2.05) is 24.8 Å². The van der Waals surface area contributed by atoms with Gasteiger partial charge in [-0.05, 0) is 38.0 Å². The molecule has 3 aliphatic rings. The van der Waals surface area contributed by atoms with Crippen molar-refractivity contribution in [3.8, 4) is 11.5 Å². The van der Waals surface area contributed by atoms with Crippen molar-refractivity contribution in [2.45, 2.75) is 44.9 Å². The van der Waals surface area contributed by atoms with Gasteiger partial charge in [-0.1, -0.05) is 16.8 Å². The number of ether oxygens (including phenoxy) is 1. The van der Waals surface area contributed by atoms with Gasteiger partial charge in [0.1, 0.15) is 10.4 Å². The number of nitrogens with zero attached hydrogens (tertiary/aromatic N) is 4. The average molecular weight is 482 g/mol. The van der Waals surface area contributed by atoms with E-state index in [0.717, 1.165) is 0 Å². The Labute approximate surface area is 198 Å². The molecule has 3 aromatic rings. The number of Topliss-reactive ketones (excluding diaryl/α,β-unsaturated/α-hetero) is 1. The molecule has 1 N–H and O–H groups in total. The Morgan fingerprint density at radius 3 is 2.71 bits per heavy atom. The Balaban J connectivity index is 1.61. The third kappa shape index (κ3) is 2.78. The Bertz CT molecular complexity index is 1350. The van der Waals surface area contributed by atoms with Crippen LogP contribution in [-0.2, 0) is 25.5 Å². The van der Waals surface area contributed by atoms with Crippen molar-refractivity contribution < 1.29 is 23.6 Å². The van der Waals surface area contributed by atoms with Crippen LogP contribution < -0.4 is 10.2 Å². The fraction of sp³-hybridized carbons (Fsp3) is 0.391. The number of ketones is 1. The van der Waals surface area contributed by atoms with Gasteiger partial charge in [0.15, 0.2) is 22.9 Å². The van der Waals surface area contributed by atoms with Crippen molar-refractivity contribution in [1.29, 1.82) is 0 Å². The lowest BCUT2D eigenvalue weighted by Crippen LogP contribution is -2.72. The Hall–Kier alpha value is -3.37. The molecule has 5 heterocycles. The maximum Gasteiger partial charge on any atom is 0.242 e. The molecule has 11 heteroatoms. The highest BCUT2D eigenvalue weighted by atomic mass is 35.5. The highest BCUT2D eigenvalue weighted by molar-refractivity contribution is 6.38. The number of imide groups is 1. The van der Waals surface area contributed by atoms with Gasteiger partial charge in [0, 0.05) is 18.9 Å². The van der Waals surface area contributed by atoms with Crippen LogP contribution in [0.15, 0.2) is 29.0 Å². The van der Waals surface area contributed by atoms with E-state index in [9.17, 15) is 14.4 Å². The summed E-state index contributed by atoms with van der Waals surface area (Å²) in [7, 11) is 0. The number of aromatic nitrogens is 3. The normalized spacial score (nSPS) is 28.7. The smallest absolute Gasteiger partial charge is 0.242 e. The summed E-state index contributed by atoms with van der Waals surface area (Å²) in [5.41, 5.74) is 0.668. The molecule has 0 aliphatic carbocycles. The lowest BCUT2D eigenvalue weighted by Gasteiger charge is -2.55. The molecule has 3 aliphatic heterocycles. The molecule has 2 amide bonds. The van der Waals surface area contributed by atoms with Crippen LogP contribution >= 0.6 is 11.6 Å². The first kappa shape index (κ1) is 21.2. The van der Waals surface area contributed by atoms with Gasteiger partial charge in [-0.25, -0.2) is 9.97 Å². The predicted molar refractivity (Wildman–Crippen MR) is 120 cm³/mol. The number of carbonyl (C=O) groups excluding carboxylic acids is 3. The number of halogens is 1. The van der Waals surface area contributed by atoms with Gasteiger partial charge < -0.3 is 14.2 Å². The van der Waals surface area contributed by atoms with E-state index < -0.39 is 35.2 Å². The minimum Gasteiger partial charge on any atom is -0.372 e. The summed E-state index contributed by atoms with van der Waals surface area (Å²) in [5.74, 6) is -1.24. The number of nitrogens with one attached hydrogen (secondary N) is 1. The van der Waals surface area contributed by atoms with Crippen molar-refractivity contribution >= 4 is 45.9 Å². The highest BCUT2D eigenvalue weighted by Gasteiger charge is 2.62. The molecule has 34 heavy (non-hydrogen) atoms. The lowest BCUT2D eigenvalue weighted by atomic mass is 9.63. The molecule has 2 aromatic heterocycles. The van der Waals surface area contributed by atoms with Crippen LogP contribution in [0.1, 0.15) is 25.8 Å². The predicted octanol–water partition coefficient (Wildman–Crippen LogP) is 2.08. The van der Waals surface area contributed by atoms with Gasteiger partial charge in [-0.2, -0.15) is 0 Å². The van der Waals surface area contributed by atoms with E-state index in [1.165, 1.54) is 0 Å². The molecule has 1 unspecified atom stereocenters. The van der Waals surface area contributed by atoms with E-state index in [4.69, 9.17) is 20.9 Å². The van der Waals surface area contributed by atoms with Crippen LogP contribution in [0.25, 0.3) is 22.5 Å². The molecule has 0 radical (unpaired) electrons. The number of hydrogen-bond donors (Lipinski definition) is 1. The molecule has 1 aromatic carbocycles. The zero-order valence-corrected chi connectivity index (χ0v) is 19.1. The van der Waals surface area contributed by atoms with E-state index in [2.05, 4.69) is 20.4 Å². The van der Waals surface area contributed by atoms with Crippen molar-refractivity contribution in [2.24, 2.45) is 5.41 Å². The fourth-order valence-corrected chi connectivity index (χ4v) is 6.10. The molecule has 0 bridgehead atoms. The summed E-state index contributed by atoms with van der Waals surface area (Å²) >= 11 is 6.90. The Morgan fingerprint density at radius 2 is 1.97 bits per heavy atom. The standard InChI is InChI=1S/C23H20ClN5O5/c1-10-9-29-18-12(6-13-17(21-25-4-3-5-26-21)28-34-19(13)16(18)24)8-23(20(29)11(2)33-10)14(30)7-15(31)27-22(23)32/h3-6,10-11,20H,7-9H2,1-2H3,(H,27,31,32)/t10-,11+,20-,23?/m1/s1. The molecule has 0 saturated carbocycles. The molecule has 4 atom stereocenters. The van der Waals surface area contributed by atoms with E-state index in [0.29, 0.717) is 45.3 Å². The van der Waals surface area contributed by atoms with Crippen LogP contribution in [-0.4, -0.2) is 57.5 Å². The molecular weight excluding hydrogens is 462 g/mol. The summed E-state index contributed by atoms with van der Waals surface area (Å²) in [5, 5.41) is 7.46. The van der Waals surface area contributed by atoms with Gasteiger partial charge in [-0.15, -0.1) is 0 Å². The summed E-state index contributed by atoms with van der Waals surface area (Å²) in [6, 6.07) is 2.89. The van der Waals surface area contributed by atoms with Gasteiger partial charge >= 0.3 is 0 Å². The number of fused-ring (bicyclic) bond motifs is 5. The molecule has 2 fully saturated rings. The number of morpholine rings is 1. The average Bonchev–Trinajstić information content (AvgIpc) is 3.21. The second kappa shape index (κ2) is 7.31. The fourth-order valence-electron chi connectivity index (χ4n) is 5.73. The monoisotopic (exact) mass is 481 g/mol. The molecule has 174 valence electrons. The molecule has 1 spiro atoms. The Kier molecular flexibility index (Phi) is 4.56. The first-order valence-electron chi connectivity index (χ1n) is 11.0. The number of rotatable bonds is 1. The number of piperidine rings is 1. The van der Waals surface area contributed by atoms with Gasteiger partial charge in [0.25, 0.3) is 0 Å². The van der Waals surface area contributed by atoms with Crippen molar-refractivity contribution in [1.82, 2.24) is 20.4 Å². The van der Waals surface area contributed by atoms with Crippen LogP contribution in [0.5, 0.6) is 0 Å². The highest BCUT2D eigenvalue weighted by Crippen LogP contribution is 2.52. The Morgan fingerprint density at radius 1 is 1.21 bits per heavy atom. The summed E-state index contributed by atoms with van der Waals surface area (Å²) < 4.78 is 11.7. The van der Waals surface area contributed by atoms with Gasteiger partial charge in [0.05, 0.1) is 35.7 Å². The topological polar surface area (TPSA) is 128 Å².